The van der Waals surface area contributed by atoms with Crippen LogP contribution in [0.15, 0.2) is 0 Å². The second-order valence-electron chi connectivity index (χ2n) is 5.74. The van der Waals surface area contributed by atoms with Gasteiger partial charge >= 0.3 is 0 Å². The number of nitrogens with one attached hydrogen (secondary N) is 1. The molecule has 1 saturated heterocycles. The Bertz CT molecular complexity index is 241. The first-order valence-electron chi connectivity index (χ1n) is 7.62. The molecule has 1 rings (SSSR count). The van der Waals surface area contributed by atoms with E-state index in [1.807, 2.05) is 11.9 Å². The van der Waals surface area contributed by atoms with Gasteiger partial charge in [-0.3, -0.25) is 4.79 Å². The Kier molecular flexibility index (Phi) is 6.69. The van der Waals surface area contributed by atoms with Crippen molar-refractivity contribution in [1.29, 1.82) is 0 Å². The van der Waals surface area contributed by atoms with E-state index in [-0.39, 0.29) is 5.41 Å². The van der Waals surface area contributed by atoms with Crippen LogP contribution in [0.25, 0.3) is 0 Å². The van der Waals surface area contributed by atoms with Crippen LogP contribution in [0.1, 0.15) is 58.8 Å². The molecule has 1 N–H and O–H groups in total. The van der Waals surface area contributed by atoms with Gasteiger partial charge in [0.05, 0.1) is 5.41 Å². The Morgan fingerprint density at radius 3 is 2.61 bits per heavy atom. The number of piperidine rings is 1. The molecule has 3 nitrogen and oxygen atoms in total. The molecule has 1 unspecified atom stereocenters. The van der Waals surface area contributed by atoms with Crippen molar-refractivity contribution in [3.63, 3.8) is 0 Å². The minimum absolute atomic E-state index is 0.117. The van der Waals surface area contributed by atoms with E-state index in [1.54, 1.807) is 0 Å². The molecular formula is C15H30N2O. The average Bonchev–Trinajstić information content (AvgIpc) is 2.39. The fraction of sp³-hybridized carbons (Fsp3) is 0.933. The number of unbranched alkanes of at least 4 members (excludes halogenated alkanes) is 2. The molecule has 0 bridgehead atoms. The lowest BCUT2D eigenvalue weighted by Gasteiger charge is -2.39. The molecule has 0 aromatic carbocycles. The minimum atomic E-state index is -0.117. The molecule has 3 heteroatoms. The third-order valence-electron chi connectivity index (χ3n) is 4.10. The molecular weight excluding hydrogens is 224 g/mol. The zero-order valence-electron chi connectivity index (χ0n) is 12.4. The van der Waals surface area contributed by atoms with Crippen molar-refractivity contribution in [2.24, 2.45) is 5.41 Å². The smallest absolute Gasteiger partial charge is 0.229 e. The monoisotopic (exact) mass is 254 g/mol. The van der Waals surface area contributed by atoms with Crippen molar-refractivity contribution in [3.05, 3.63) is 0 Å². The van der Waals surface area contributed by atoms with E-state index in [1.165, 1.54) is 12.8 Å². The van der Waals surface area contributed by atoms with Gasteiger partial charge in [0.2, 0.25) is 5.91 Å². The second kappa shape index (κ2) is 7.78. The van der Waals surface area contributed by atoms with E-state index in [4.69, 9.17) is 0 Å². The number of nitrogens with zero attached hydrogens (tertiary/aromatic N) is 1. The van der Waals surface area contributed by atoms with Crippen LogP contribution in [0.3, 0.4) is 0 Å². The zero-order chi connectivity index (χ0) is 13.4. The Morgan fingerprint density at radius 1 is 1.28 bits per heavy atom. The lowest BCUT2D eigenvalue weighted by Crippen LogP contribution is -2.51. The fourth-order valence-corrected chi connectivity index (χ4v) is 3.05. The van der Waals surface area contributed by atoms with Gasteiger partial charge in [-0.15, -0.1) is 0 Å². The molecule has 1 heterocycles. The Hall–Kier alpha value is -0.570. The van der Waals surface area contributed by atoms with Gasteiger partial charge in [0, 0.05) is 20.1 Å². The lowest BCUT2D eigenvalue weighted by molar-refractivity contribution is -0.142. The van der Waals surface area contributed by atoms with Crippen LogP contribution in [0.5, 0.6) is 0 Å². The molecule has 18 heavy (non-hydrogen) atoms. The van der Waals surface area contributed by atoms with E-state index in [9.17, 15) is 4.79 Å². The molecule has 0 spiro atoms. The normalized spacial score (nSPS) is 23.9. The summed E-state index contributed by atoms with van der Waals surface area (Å²) in [6.07, 6.45) is 7.88. The highest BCUT2D eigenvalue weighted by atomic mass is 16.2. The topological polar surface area (TPSA) is 32.3 Å². The summed E-state index contributed by atoms with van der Waals surface area (Å²) in [5.41, 5.74) is -0.117. The number of carbonyl (C=O) groups is 1. The summed E-state index contributed by atoms with van der Waals surface area (Å²) in [4.78, 5) is 14.7. The number of hydrogen-bond acceptors (Lipinski definition) is 2. The van der Waals surface area contributed by atoms with Crippen LogP contribution in [-0.4, -0.2) is 37.5 Å². The first-order valence-corrected chi connectivity index (χ1v) is 7.62. The summed E-state index contributed by atoms with van der Waals surface area (Å²) in [7, 11) is 1.98. The van der Waals surface area contributed by atoms with Crippen LogP contribution in [-0.2, 0) is 4.79 Å². The van der Waals surface area contributed by atoms with Crippen molar-refractivity contribution in [2.45, 2.75) is 58.8 Å². The second-order valence-corrected chi connectivity index (χ2v) is 5.74. The van der Waals surface area contributed by atoms with Gasteiger partial charge in [-0.05, 0) is 32.2 Å². The third kappa shape index (κ3) is 3.98. The van der Waals surface area contributed by atoms with Crippen LogP contribution in [0.4, 0.5) is 0 Å². The molecule has 0 aliphatic carbocycles. The van der Waals surface area contributed by atoms with Crippen LogP contribution < -0.4 is 5.32 Å². The lowest BCUT2D eigenvalue weighted by atomic mass is 9.75. The van der Waals surface area contributed by atoms with Crippen LogP contribution in [0.2, 0.25) is 0 Å². The first-order chi connectivity index (χ1) is 8.66. The van der Waals surface area contributed by atoms with Gasteiger partial charge in [0.1, 0.15) is 0 Å². The number of rotatable bonds is 7. The highest BCUT2D eigenvalue weighted by Crippen LogP contribution is 2.33. The van der Waals surface area contributed by atoms with E-state index in [0.29, 0.717) is 5.91 Å². The van der Waals surface area contributed by atoms with Crippen LogP contribution >= 0.6 is 0 Å². The minimum Gasteiger partial charge on any atom is -0.345 e. The highest BCUT2D eigenvalue weighted by molar-refractivity contribution is 5.83. The van der Waals surface area contributed by atoms with E-state index in [2.05, 4.69) is 19.2 Å². The maximum atomic E-state index is 12.7. The molecule has 0 aromatic rings. The maximum Gasteiger partial charge on any atom is 0.229 e. The van der Waals surface area contributed by atoms with Crippen molar-refractivity contribution in [3.8, 4) is 0 Å². The quantitative estimate of drug-likeness (QED) is 0.709. The predicted octanol–water partition coefficient (Wildman–Crippen LogP) is 2.80. The fourth-order valence-electron chi connectivity index (χ4n) is 3.05. The Balaban J connectivity index is 2.57. The number of amides is 1. The first kappa shape index (κ1) is 15.5. The van der Waals surface area contributed by atoms with Crippen molar-refractivity contribution in [2.75, 3.05) is 26.7 Å². The number of carbonyl (C=O) groups excluding carboxylic acids is 1. The van der Waals surface area contributed by atoms with Gasteiger partial charge in [0.15, 0.2) is 0 Å². The molecule has 0 saturated carbocycles. The average molecular weight is 254 g/mol. The third-order valence-corrected chi connectivity index (χ3v) is 4.10. The van der Waals surface area contributed by atoms with Gasteiger partial charge in [0.25, 0.3) is 0 Å². The summed E-state index contributed by atoms with van der Waals surface area (Å²) in [6, 6.07) is 0. The van der Waals surface area contributed by atoms with Gasteiger partial charge in [-0.25, -0.2) is 0 Å². The maximum absolute atomic E-state index is 12.7. The van der Waals surface area contributed by atoms with Crippen molar-refractivity contribution >= 4 is 5.91 Å². The van der Waals surface area contributed by atoms with Gasteiger partial charge < -0.3 is 10.2 Å². The molecule has 1 fully saturated rings. The highest BCUT2D eigenvalue weighted by Gasteiger charge is 2.40. The van der Waals surface area contributed by atoms with E-state index < -0.39 is 0 Å². The summed E-state index contributed by atoms with van der Waals surface area (Å²) < 4.78 is 0. The summed E-state index contributed by atoms with van der Waals surface area (Å²) >= 11 is 0. The summed E-state index contributed by atoms with van der Waals surface area (Å²) in [6.45, 7) is 7.24. The van der Waals surface area contributed by atoms with Crippen LogP contribution in [0, 0.1) is 5.41 Å². The molecule has 106 valence electrons. The van der Waals surface area contributed by atoms with Gasteiger partial charge in [-0.2, -0.15) is 0 Å². The molecule has 1 amide bonds. The van der Waals surface area contributed by atoms with E-state index in [0.717, 1.165) is 51.7 Å². The zero-order valence-corrected chi connectivity index (χ0v) is 12.4. The molecule has 0 aromatic heterocycles. The SMILES string of the molecule is CCCCCN(C)C(=O)C1(CCC)CCCNC1. The Morgan fingerprint density at radius 2 is 2.06 bits per heavy atom. The molecule has 0 radical (unpaired) electrons. The summed E-state index contributed by atoms with van der Waals surface area (Å²) in [5, 5.41) is 3.42. The predicted molar refractivity (Wildman–Crippen MR) is 76.6 cm³/mol. The largest absolute Gasteiger partial charge is 0.345 e. The molecule has 1 aliphatic heterocycles. The molecule has 1 atom stereocenters. The van der Waals surface area contributed by atoms with Crippen molar-refractivity contribution in [1.82, 2.24) is 10.2 Å². The van der Waals surface area contributed by atoms with E-state index >= 15 is 0 Å². The van der Waals surface area contributed by atoms with Gasteiger partial charge in [-0.1, -0.05) is 33.1 Å². The Labute approximate surface area is 112 Å². The standard InChI is InChI=1S/C15H30N2O/c1-4-6-7-12-17(3)14(18)15(9-5-2)10-8-11-16-13-15/h16H,4-13H2,1-3H3. The summed E-state index contributed by atoms with van der Waals surface area (Å²) in [5.74, 6) is 0.368. The number of hydrogen-bond donors (Lipinski definition) is 1. The molecule has 1 aliphatic rings. The van der Waals surface area contributed by atoms with Crippen molar-refractivity contribution < 1.29 is 4.79 Å².